The summed E-state index contributed by atoms with van der Waals surface area (Å²) in [5.41, 5.74) is 0. The number of hydrogen-bond donors (Lipinski definition) is 2. The van der Waals surface area contributed by atoms with Gasteiger partial charge in [-0.05, 0) is 19.4 Å². The molecule has 0 spiro atoms. The molecule has 2 aliphatic heterocycles. The maximum atomic E-state index is 5.41. The Balaban J connectivity index is 1.81. The van der Waals surface area contributed by atoms with Gasteiger partial charge in [0.1, 0.15) is 0 Å². The van der Waals surface area contributed by atoms with Crippen LogP contribution in [0.5, 0.6) is 0 Å². The first-order chi connectivity index (χ1) is 6.90. The van der Waals surface area contributed by atoms with Gasteiger partial charge in [0.2, 0.25) is 0 Å². The van der Waals surface area contributed by atoms with E-state index < -0.39 is 0 Å². The van der Waals surface area contributed by atoms with E-state index in [1.807, 2.05) is 0 Å². The van der Waals surface area contributed by atoms with Crippen molar-refractivity contribution in [2.24, 2.45) is 0 Å². The van der Waals surface area contributed by atoms with Crippen molar-refractivity contribution < 1.29 is 9.47 Å². The quantitative estimate of drug-likeness (QED) is 0.659. The van der Waals surface area contributed by atoms with Crippen molar-refractivity contribution in [1.29, 1.82) is 0 Å². The summed E-state index contributed by atoms with van der Waals surface area (Å²) in [6, 6.07) is 1.09. The molecule has 0 bridgehead atoms. The van der Waals surface area contributed by atoms with Crippen molar-refractivity contribution in [2.75, 3.05) is 33.4 Å². The molecular formula is C10H20N2O2. The molecule has 82 valence electrons. The number of ether oxygens (including phenoxy) is 2. The standard InChI is InChI=1S/C10H20N2O2/c1-13-10-7-14-5-3-9(10)12-8-2-4-11-6-8/h8-12H,2-7H2,1H3. The summed E-state index contributed by atoms with van der Waals surface area (Å²) < 4.78 is 10.8. The Labute approximate surface area is 85.3 Å². The fourth-order valence-electron chi connectivity index (χ4n) is 2.23. The molecule has 0 amide bonds. The molecule has 0 radical (unpaired) electrons. The lowest BCUT2D eigenvalue weighted by Gasteiger charge is -2.33. The van der Waals surface area contributed by atoms with Crippen LogP contribution in [0.3, 0.4) is 0 Å². The second kappa shape index (κ2) is 5.07. The van der Waals surface area contributed by atoms with Crippen LogP contribution in [0, 0.1) is 0 Å². The summed E-state index contributed by atoms with van der Waals surface area (Å²) in [6.45, 7) is 3.82. The molecule has 4 nitrogen and oxygen atoms in total. The first-order valence-corrected chi connectivity index (χ1v) is 5.47. The topological polar surface area (TPSA) is 42.5 Å². The van der Waals surface area contributed by atoms with E-state index in [0.717, 1.165) is 32.7 Å². The summed E-state index contributed by atoms with van der Waals surface area (Å²) in [6.07, 6.45) is 2.52. The summed E-state index contributed by atoms with van der Waals surface area (Å²) >= 11 is 0. The van der Waals surface area contributed by atoms with E-state index in [1.165, 1.54) is 6.42 Å². The maximum absolute atomic E-state index is 5.41. The lowest BCUT2D eigenvalue weighted by molar-refractivity contribution is -0.0516. The minimum absolute atomic E-state index is 0.226. The van der Waals surface area contributed by atoms with Gasteiger partial charge >= 0.3 is 0 Å². The number of nitrogens with one attached hydrogen (secondary N) is 2. The van der Waals surface area contributed by atoms with Crippen molar-refractivity contribution in [3.05, 3.63) is 0 Å². The van der Waals surface area contributed by atoms with Crippen LogP contribution in [-0.2, 0) is 9.47 Å². The molecule has 3 atom stereocenters. The van der Waals surface area contributed by atoms with Gasteiger partial charge in [0.25, 0.3) is 0 Å². The first-order valence-electron chi connectivity index (χ1n) is 5.47. The van der Waals surface area contributed by atoms with Gasteiger partial charge in [-0.3, -0.25) is 0 Å². The summed E-state index contributed by atoms with van der Waals surface area (Å²) in [7, 11) is 1.76. The minimum Gasteiger partial charge on any atom is -0.379 e. The smallest absolute Gasteiger partial charge is 0.0958 e. The third-order valence-electron chi connectivity index (χ3n) is 3.12. The molecule has 3 unspecified atom stereocenters. The zero-order chi connectivity index (χ0) is 9.80. The van der Waals surface area contributed by atoms with Crippen LogP contribution in [0.15, 0.2) is 0 Å². The van der Waals surface area contributed by atoms with E-state index in [4.69, 9.17) is 9.47 Å². The highest BCUT2D eigenvalue weighted by Gasteiger charge is 2.28. The molecule has 4 heteroatoms. The third kappa shape index (κ3) is 2.45. The fraction of sp³-hybridized carbons (Fsp3) is 1.00. The molecule has 0 aliphatic carbocycles. The lowest BCUT2D eigenvalue weighted by atomic mass is 10.0. The summed E-state index contributed by atoms with van der Waals surface area (Å²) in [5, 5.41) is 7.01. The summed E-state index contributed by atoms with van der Waals surface area (Å²) in [4.78, 5) is 0. The highest BCUT2D eigenvalue weighted by molar-refractivity contribution is 4.87. The van der Waals surface area contributed by atoms with Gasteiger partial charge < -0.3 is 20.1 Å². The fourth-order valence-corrected chi connectivity index (χ4v) is 2.23. The van der Waals surface area contributed by atoms with E-state index in [2.05, 4.69) is 10.6 Å². The minimum atomic E-state index is 0.226. The first kappa shape index (κ1) is 10.4. The largest absolute Gasteiger partial charge is 0.379 e. The third-order valence-corrected chi connectivity index (χ3v) is 3.12. The molecular weight excluding hydrogens is 180 g/mol. The molecule has 2 N–H and O–H groups in total. The average molecular weight is 200 g/mol. The predicted octanol–water partition coefficient (Wildman–Crippen LogP) is -0.258. The Bertz CT molecular complexity index is 172. The van der Waals surface area contributed by atoms with Crippen LogP contribution >= 0.6 is 0 Å². The van der Waals surface area contributed by atoms with Gasteiger partial charge in [0.05, 0.1) is 12.7 Å². The van der Waals surface area contributed by atoms with Crippen LogP contribution in [0.1, 0.15) is 12.8 Å². The molecule has 0 aromatic rings. The second-order valence-electron chi connectivity index (χ2n) is 4.10. The van der Waals surface area contributed by atoms with Crippen LogP contribution in [-0.4, -0.2) is 51.6 Å². The van der Waals surface area contributed by atoms with E-state index >= 15 is 0 Å². The molecule has 2 rings (SSSR count). The monoisotopic (exact) mass is 200 g/mol. The number of hydrogen-bond acceptors (Lipinski definition) is 4. The Kier molecular flexibility index (Phi) is 3.75. The molecule has 0 aromatic heterocycles. The number of methoxy groups -OCH3 is 1. The van der Waals surface area contributed by atoms with Crippen LogP contribution in [0.4, 0.5) is 0 Å². The van der Waals surface area contributed by atoms with Crippen LogP contribution in [0.2, 0.25) is 0 Å². The van der Waals surface area contributed by atoms with Gasteiger partial charge in [-0.1, -0.05) is 0 Å². The molecule has 0 saturated carbocycles. The van der Waals surface area contributed by atoms with Gasteiger partial charge in [0.15, 0.2) is 0 Å². The lowest BCUT2D eigenvalue weighted by Crippen LogP contribution is -2.51. The van der Waals surface area contributed by atoms with Crippen molar-refractivity contribution in [3.63, 3.8) is 0 Å². The second-order valence-corrected chi connectivity index (χ2v) is 4.10. The Morgan fingerprint density at radius 1 is 1.43 bits per heavy atom. The zero-order valence-electron chi connectivity index (χ0n) is 8.79. The average Bonchev–Trinajstić information content (AvgIpc) is 2.71. The molecule has 2 heterocycles. The molecule has 14 heavy (non-hydrogen) atoms. The van der Waals surface area contributed by atoms with Gasteiger partial charge in [-0.15, -0.1) is 0 Å². The zero-order valence-corrected chi connectivity index (χ0v) is 8.79. The van der Waals surface area contributed by atoms with E-state index in [0.29, 0.717) is 12.1 Å². The normalized spacial score (nSPS) is 38.8. The van der Waals surface area contributed by atoms with Crippen LogP contribution in [0.25, 0.3) is 0 Å². The molecule has 0 aromatic carbocycles. The summed E-state index contributed by atoms with van der Waals surface area (Å²) in [5.74, 6) is 0. The molecule has 2 fully saturated rings. The van der Waals surface area contributed by atoms with Crippen molar-refractivity contribution >= 4 is 0 Å². The predicted molar refractivity (Wildman–Crippen MR) is 54.4 cm³/mol. The Morgan fingerprint density at radius 3 is 3.07 bits per heavy atom. The molecule has 2 saturated heterocycles. The van der Waals surface area contributed by atoms with Crippen molar-refractivity contribution in [1.82, 2.24) is 10.6 Å². The van der Waals surface area contributed by atoms with Crippen LogP contribution < -0.4 is 10.6 Å². The van der Waals surface area contributed by atoms with Gasteiger partial charge in [0, 0.05) is 32.3 Å². The highest BCUT2D eigenvalue weighted by Crippen LogP contribution is 2.12. The Hall–Kier alpha value is -0.160. The Morgan fingerprint density at radius 2 is 2.36 bits per heavy atom. The highest BCUT2D eigenvalue weighted by atomic mass is 16.5. The maximum Gasteiger partial charge on any atom is 0.0958 e. The van der Waals surface area contributed by atoms with Crippen molar-refractivity contribution in [2.45, 2.75) is 31.0 Å². The van der Waals surface area contributed by atoms with E-state index in [-0.39, 0.29) is 6.10 Å². The van der Waals surface area contributed by atoms with Gasteiger partial charge in [-0.25, -0.2) is 0 Å². The van der Waals surface area contributed by atoms with E-state index in [1.54, 1.807) is 7.11 Å². The van der Waals surface area contributed by atoms with Gasteiger partial charge in [-0.2, -0.15) is 0 Å². The number of rotatable bonds is 3. The van der Waals surface area contributed by atoms with Crippen molar-refractivity contribution in [3.8, 4) is 0 Å². The SMILES string of the molecule is COC1COCCC1NC1CCNC1. The molecule has 2 aliphatic rings. The van der Waals surface area contributed by atoms with E-state index in [9.17, 15) is 0 Å².